The van der Waals surface area contributed by atoms with E-state index in [4.69, 9.17) is 0 Å². The van der Waals surface area contributed by atoms with Gasteiger partial charge in [0.2, 0.25) is 5.01 Å². The van der Waals surface area contributed by atoms with Crippen LogP contribution in [0.25, 0.3) is 0 Å². The van der Waals surface area contributed by atoms with E-state index in [0.717, 1.165) is 11.3 Å². The van der Waals surface area contributed by atoms with Gasteiger partial charge >= 0.3 is 5.88 Å². The normalized spacial score (nSPS) is 10.2. The maximum atomic E-state index is 9.61. The van der Waals surface area contributed by atoms with E-state index in [2.05, 4.69) is 13.5 Å². The van der Waals surface area contributed by atoms with Crippen LogP contribution < -0.4 is 4.57 Å². The number of hydrogen-bond acceptors (Lipinski definition) is 2. The molecule has 0 saturated carbocycles. The predicted octanol–water partition coefficient (Wildman–Crippen LogP) is 1.80. The molecule has 0 aromatic carbocycles. The highest BCUT2D eigenvalue weighted by Crippen LogP contribution is 2.20. The third-order valence-corrected chi connectivity index (χ3v) is 2.99. The molecule has 0 aliphatic carbocycles. The van der Waals surface area contributed by atoms with Crippen molar-refractivity contribution in [2.45, 2.75) is 26.8 Å². The Bertz CT molecular complexity index is 291. The smallest absolute Gasteiger partial charge is 0.379 e. The molecule has 1 aromatic rings. The van der Waals surface area contributed by atoms with E-state index in [0.29, 0.717) is 12.4 Å². The summed E-state index contributed by atoms with van der Waals surface area (Å²) >= 11 is 1.65. The molecule has 0 unspecified atom stereocenters. The summed E-state index contributed by atoms with van der Waals surface area (Å²) in [6.07, 6.45) is 2.75. The number of allylic oxidation sites excluding steroid dienone is 1. The second-order valence-corrected chi connectivity index (χ2v) is 3.92. The van der Waals surface area contributed by atoms with Crippen LogP contribution in [-0.2, 0) is 13.0 Å². The first kappa shape index (κ1) is 9.26. The molecule has 0 aliphatic heterocycles. The fraction of sp³-hybridized carbons (Fsp3) is 0.444. The highest BCUT2D eigenvalue weighted by molar-refractivity contribution is 7.11. The number of aromatic hydroxyl groups is 1. The molecule has 1 N–H and O–H groups in total. The van der Waals surface area contributed by atoms with Crippen molar-refractivity contribution in [3.05, 3.63) is 22.5 Å². The van der Waals surface area contributed by atoms with Crippen LogP contribution >= 0.6 is 11.3 Å². The molecule has 3 heteroatoms. The van der Waals surface area contributed by atoms with Crippen molar-refractivity contribution in [1.29, 1.82) is 0 Å². The minimum atomic E-state index is 0.386. The monoisotopic (exact) mass is 184 g/mol. The molecule has 1 aromatic heterocycles. The quantitative estimate of drug-likeness (QED) is 0.562. The Morgan fingerprint density at radius 1 is 1.67 bits per heavy atom. The van der Waals surface area contributed by atoms with Gasteiger partial charge in [0.05, 0.1) is 0 Å². The molecular weight excluding hydrogens is 170 g/mol. The third kappa shape index (κ3) is 1.50. The molecule has 0 fully saturated rings. The highest BCUT2D eigenvalue weighted by atomic mass is 32.1. The van der Waals surface area contributed by atoms with Crippen LogP contribution in [0.15, 0.2) is 12.7 Å². The van der Waals surface area contributed by atoms with Gasteiger partial charge in [-0.3, -0.25) is 0 Å². The SMILES string of the molecule is C=CC[n+]1c(CC)sc(C)c1O. The molecule has 0 amide bonds. The standard InChI is InChI=1S/C9H13NOS/c1-4-6-10-8(5-2)12-7(3)9(10)11/h4H,1,5-6H2,2-3H3/p+1. The topological polar surface area (TPSA) is 24.1 Å². The van der Waals surface area contributed by atoms with Crippen LogP contribution in [0.5, 0.6) is 5.88 Å². The van der Waals surface area contributed by atoms with Gasteiger partial charge < -0.3 is 5.11 Å². The molecule has 2 nitrogen and oxygen atoms in total. The summed E-state index contributed by atoms with van der Waals surface area (Å²) in [6, 6.07) is 0. The average Bonchev–Trinajstić information content (AvgIpc) is 2.33. The molecule has 1 heterocycles. The van der Waals surface area contributed by atoms with E-state index in [1.54, 1.807) is 17.4 Å². The largest absolute Gasteiger partial charge is 0.459 e. The lowest BCUT2D eigenvalue weighted by Gasteiger charge is -1.91. The number of hydrogen-bond donors (Lipinski definition) is 1. The van der Waals surface area contributed by atoms with Gasteiger partial charge in [-0.2, -0.15) is 4.57 Å². The second kappa shape index (κ2) is 3.72. The maximum Gasteiger partial charge on any atom is 0.379 e. The molecule has 0 radical (unpaired) electrons. The Morgan fingerprint density at radius 2 is 2.33 bits per heavy atom. The van der Waals surface area contributed by atoms with Crippen LogP contribution in [0.3, 0.4) is 0 Å². The Labute approximate surface area is 76.8 Å². The lowest BCUT2D eigenvalue weighted by Crippen LogP contribution is -2.34. The Balaban J connectivity index is 3.11. The third-order valence-electron chi connectivity index (χ3n) is 1.76. The maximum absolute atomic E-state index is 9.61. The van der Waals surface area contributed by atoms with E-state index in [9.17, 15) is 5.11 Å². The van der Waals surface area contributed by atoms with Gasteiger partial charge in [-0.1, -0.05) is 24.8 Å². The fourth-order valence-electron chi connectivity index (χ4n) is 1.17. The van der Waals surface area contributed by atoms with Crippen molar-refractivity contribution >= 4 is 11.3 Å². The molecule has 1 rings (SSSR count). The van der Waals surface area contributed by atoms with Crippen LogP contribution in [-0.4, -0.2) is 5.11 Å². The van der Waals surface area contributed by atoms with E-state index in [-0.39, 0.29) is 0 Å². The molecule has 0 spiro atoms. The molecule has 0 saturated heterocycles. The van der Waals surface area contributed by atoms with E-state index < -0.39 is 0 Å². The lowest BCUT2D eigenvalue weighted by atomic mass is 10.4. The minimum absolute atomic E-state index is 0.386. The summed E-state index contributed by atoms with van der Waals surface area (Å²) in [5, 5.41) is 10.8. The van der Waals surface area contributed by atoms with Crippen LogP contribution in [0.2, 0.25) is 0 Å². The molecule has 0 atom stereocenters. The predicted molar refractivity (Wildman–Crippen MR) is 50.5 cm³/mol. The van der Waals surface area contributed by atoms with E-state index in [1.807, 2.05) is 11.5 Å². The van der Waals surface area contributed by atoms with E-state index >= 15 is 0 Å². The number of nitrogens with zero attached hydrogens (tertiary/aromatic N) is 1. The van der Waals surface area contributed by atoms with Crippen molar-refractivity contribution < 1.29 is 9.67 Å². The van der Waals surface area contributed by atoms with Crippen molar-refractivity contribution in [3.8, 4) is 5.88 Å². The zero-order chi connectivity index (χ0) is 9.14. The number of rotatable bonds is 3. The van der Waals surface area contributed by atoms with Crippen LogP contribution in [0, 0.1) is 6.92 Å². The first-order chi connectivity index (χ1) is 5.70. The van der Waals surface area contributed by atoms with Crippen molar-refractivity contribution in [3.63, 3.8) is 0 Å². The first-order valence-corrected chi connectivity index (χ1v) is 4.84. The Kier molecular flexibility index (Phi) is 2.87. The van der Waals surface area contributed by atoms with Crippen molar-refractivity contribution in [2.75, 3.05) is 0 Å². The average molecular weight is 184 g/mol. The van der Waals surface area contributed by atoms with Gasteiger partial charge in [0.15, 0.2) is 6.54 Å². The van der Waals surface area contributed by atoms with Crippen molar-refractivity contribution in [1.82, 2.24) is 0 Å². The molecule has 0 bridgehead atoms. The summed E-state index contributed by atoms with van der Waals surface area (Å²) in [6.45, 7) is 8.37. The van der Waals surface area contributed by atoms with Gasteiger partial charge in [0.1, 0.15) is 4.88 Å². The summed E-state index contributed by atoms with van der Waals surface area (Å²) in [7, 11) is 0. The number of thiazole rings is 1. The summed E-state index contributed by atoms with van der Waals surface area (Å²) in [5.41, 5.74) is 0. The number of aryl methyl sites for hydroxylation is 2. The van der Waals surface area contributed by atoms with Crippen molar-refractivity contribution in [2.24, 2.45) is 0 Å². The zero-order valence-electron chi connectivity index (χ0n) is 7.50. The summed E-state index contributed by atoms with van der Waals surface area (Å²) < 4.78 is 1.90. The van der Waals surface area contributed by atoms with Gasteiger partial charge in [-0.05, 0) is 13.0 Å². The molecular formula is C9H14NOS+. The van der Waals surface area contributed by atoms with Gasteiger partial charge in [-0.25, -0.2) is 0 Å². The van der Waals surface area contributed by atoms with E-state index in [1.165, 1.54) is 5.01 Å². The summed E-state index contributed by atoms with van der Waals surface area (Å²) in [4.78, 5) is 0.980. The Hall–Kier alpha value is -0.830. The van der Waals surface area contributed by atoms with Gasteiger partial charge in [0.25, 0.3) is 0 Å². The van der Waals surface area contributed by atoms with Gasteiger partial charge in [-0.15, -0.1) is 0 Å². The molecule has 0 aliphatic rings. The second-order valence-electron chi connectivity index (χ2n) is 2.63. The van der Waals surface area contributed by atoms with Gasteiger partial charge in [0, 0.05) is 6.42 Å². The number of aromatic nitrogens is 1. The van der Waals surface area contributed by atoms with Crippen LogP contribution in [0.1, 0.15) is 16.8 Å². The minimum Gasteiger partial charge on any atom is -0.459 e. The Morgan fingerprint density at radius 3 is 2.83 bits per heavy atom. The lowest BCUT2D eigenvalue weighted by molar-refractivity contribution is -0.694. The molecule has 12 heavy (non-hydrogen) atoms. The highest BCUT2D eigenvalue weighted by Gasteiger charge is 2.20. The molecule has 66 valence electrons. The van der Waals surface area contributed by atoms with Crippen LogP contribution in [0.4, 0.5) is 0 Å². The fourth-order valence-corrected chi connectivity index (χ4v) is 2.14. The first-order valence-electron chi connectivity index (χ1n) is 4.02. The zero-order valence-corrected chi connectivity index (χ0v) is 8.32. The summed E-state index contributed by atoms with van der Waals surface area (Å²) in [5.74, 6) is 0.386.